The van der Waals surface area contributed by atoms with E-state index in [4.69, 9.17) is 21.4 Å². The molecule has 3 amide bonds. The second kappa shape index (κ2) is 9.26. The van der Waals surface area contributed by atoms with Crippen LogP contribution in [-0.4, -0.2) is 50.3 Å². The third-order valence-corrected chi connectivity index (χ3v) is 4.42. The molecule has 0 fully saturated rings. The Balaban J connectivity index is 1.70. The van der Waals surface area contributed by atoms with Gasteiger partial charge < -0.3 is 20.3 Å². The first-order valence-electron chi connectivity index (χ1n) is 8.89. The monoisotopic (exact) mass is 445 g/mol. The Morgan fingerprint density at radius 3 is 2.48 bits per heavy atom. The van der Waals surface area contributed by atoms with Gasteiger partial charge in [0.2, 0.25) is 11.8 Å². The minimum atomic E-state index is -1.32. The smallest absolute Gasteiger partial charge is 0.322 e. The van der Waals surface area contributed by atoms with E-state index >= 15 is 0 Å². The summed E-state index contributed by atoms with van der Waals surface area (Å²) < 4.78 is 5.57. The zero-order chi connectivity index (χ0) is 22.5. The molecule has 3 N–H and O–H groups in total. The number of pyridine rings is 1. The SMILES string of the molecule is O=C(O)CNC(=O)C1=C(O)CC(=O)N(Cc2ccc(Oc3ccc(Cl)cc3)nc2)C1=O. The van der Waals surface area contributed by atoms with E-state index < -0.39 is 48.0 Å². The number of amides is 3. The number of benzene rings is 1. The number of aliphatic hydroxyl groups is 1. The number of rotatable bonds is 7. The number of aliphatic hydroxyl groups excluding tert-OH is 1. The highest BCUT2D eigenvalue weighted by Gasteiger charge is 2.37. The summed E-state index contributed by atoms with van der Waals surface area (Å²) in [6.07, 6.45) is 0.834. The molecule has 0 spiro atoms. The van der Waals surface area contributed by atoms with E-state index in [-0.39, 0.29) is 12.4 Å². The van der Waals surface area contributed by atoms with Crippen LogP contribution in [0.2, 0.25) is 5.02 Å². The van der Waals surface area contributed by atoms with Crippen LogP contribution in [0.15, 0.2) is 53.9 Å². The molecule has 1 aliphatic heterocycles. The van der Waals surface area contributed by atoms with Crippen molar-refractivity contribution in [1.82, 2.24) is 15.2 Å². The number of carbonyl (C=O) groups is 4. The summed E-state index contributed by atoms with van der Waals surface area (Å²) in [4.78, 5) is 52.4. The lowest BCUT2D eigenvalue weighted by molar-refractivity contribution is -0.146. The number of hydrogen-bond acceptors (Lipinski definition) is 7. The fourth-order valence-electron chi connectivity index (χ4n) is 2.70. The molecule has 160 valence electrons. The fraction of sp³-hybridized carbons (Fsp3) is 0.150. The molecular formula is C20H16ClN3O7. The third kappa shape index (κ3) is 5.37. The van der Waals surface area contributed by atoms with Gasteiger partial charge in [0.05, 0.1) is 13.0 Å². The van der Waals surface area contributed by atoms with Crippen LogP contribution < -0.4 is 10.1 Å². The van der Waals surface area contributed by atoms with Crippen molar-refractivity contribution in [3.05, 3.63) is 64.5 Å². The van der Waals surface area contributed by atoms with Crippen molar-refractivity contribution in [1.29, 1.82) is 0 Å². The van der Waals surface area contributed by atoms with Gasteiger partial charge in [0, 0.05) is 17.3 Å². The summed E-state index contributed by atoms with van der Waals surface area (Å²) in [5, 5.41) is 21.1. The van der Waals surface area contributed by atoms with Crippen LogP contribution in [0.1, 0.15) is 12.0 Å². The lowest BCUT2D eigenvalue weighted by atomic mass is 10.0. The van der Waals surface area contributed by atoms with Gasteiger partial charge >= 0.3 is 5.97 Å². The summed E-state index contributed by atoms with van der Waals surface area (Å²) in [6, 6.07) is 9.77. The molecule has 0 atom stereocenters. The Morgan fingerprint density at radius 2 is 1.87 bits per heavy atom. The Labute approximate surface area is 180 Å². The first-order valence-corrected chi connectivity index (χ1v) is 9.27. The molecule has 0 radical (unpaired) electrons. The molecule has 1 aromatic heterocycles. The second-order valence-electron chi connectivity index (χ2n) is 6.42. The summed E-state index contributed by atoms with van der Waals surface area (Å²) in [5.74, 6) is -4.06. The van der Waals surface area contributed by atoms with Gasteiger partial charge in [-0.15, -0.1) is 0 Å². The molecule has 0 bridgehead atoms. The van der Waals surface area contributed by atoms with E-state index in [0.717, 1.165) is 4.90 Å². The molecule has 31 heavy (non-hydrogen) atoms. The van der Waals surface area contributed by atoms with E-state index in [9.17, 15) is 24.3 Å². The second-order valence-corrected chi connectivity index (χ2v) is 6.86. The summed E-state index contributed by atoms with van der Waals surface area (Å²) in [5.41, 5.74) is -0.201. The number of imide groups is 1. The maximum absolute atomic E-state index is 12.6. The van der Waals surface area contributed by atoms with Gasteiger partial charge in [0.1, 0.15) is 23.6 Å². The zero-order valence-corrected chi connectivity index (χ0v) is 16.6. The van der Waals surface area contributed by atoms with Crippen LogP contribution in [-0.2, 0) is 25.7 Å². The maximum atomic E-state index is 12.6. The Bertz CT molecular complexity index is 1070. The molecule has 11 heteroatoms. The van der Waals surface area contributed by atoms with Gasteiger partial charge in [-0.2, -0.15) is 0 Å². The number of carboxylic acid groups (broad SMARTS) is 1. The van der Waals surface area contributed by atoms with Gasteiger partial charge in [-0.05, 0) is 29.8 Å². The third-order valence-electron chi connectivity index (χ3n) is 4.17. The van der Waals surface area contributed by atoms with Gasteiger partial charge in [0.25, 0.3) is 11.8 Å². The molecular weight excluding hydrogens is 430 g/mol. The Hall–Kier alpha value is -3.92. The molecule has 1 aliphatic rings. The lowest BCUT2D eigenvalue weighted by Crippen LogP contribution is -2.46. The number of hydrogen-bond donors (Lipinski definition) is 3. The van der Waals surface area contributed by atoms with E-state index in [1.54, 1.807) is 30.3 Å². The normalized spacial score (nSPS) is 13.9. The van der Waals surface area contributed by atoms with E-state index in [1.807, 2.05) is 5.32 Å². The minimum absolute atomic E-state index is 0.200. The molecule has 1 aromatic carbocycles. The topological polar surface area (TPSA) is 146 Å². The number of halogens is 1. The number of nitrogens with zero attached hydrogens (tertiary/aromatic N) is 2. The van der Waals surface area contributed by atoms with E-state index in [2.05, 4.69) is 4.98 Å². The van der Waals surface area contributed by atoms with Gasteiger partial charge in [-0.25, -0.2) is 4.98 Å². The Kier molecular flexibility index (Phi) is 6.51. The Morgan fingerprint density at radius 1 is 1.16 bits per heavy atom. The summed E-state index contributed by atoms with van der Waals surface area (Å²) in [7, 11) is 0. The predicted octanol–water partition coefficient (Wildman–Crippen LogP) is 1.80. The largest absolute Gasteiger partial charge is 0.511 e. The van der Waals surface area contributed by atoms with Crippen LogP contribution in [0.3, 0.4) is 0 Å². The highest BCUT2D eigenvalue weighted by molar-refractivity contribution is 6.30. The van der Waals surface area contributed by atoms with Crippen LogP contribution in [0.4, 0.5) is 0 Å². The quantitative estimate of drug-likeness (QED) is 0.432. The lowest BCUT2D eigenvalue weighted by Gasteiger charge is -2.26. The molecule has 3 rings (SSSR count). The van der Waals surface area contributed by atoms with Crippen molar-refractivity contribution >= 4 is 35.3 Å². The van der Waals surface area contributed by atoms with Crippen molar-refractivity contribution < 1.29 is 34.1 Å². The predicted molar refractivity (Wildman–Crippen MR) is 106 cm³/mol. The highest BCUT2D eigenvalue weighted by atomic mass is 35.5. The fourth-order valence-corrected chi connectivity index (χ4v) is 2.83. The molecule has 0 unspecified atom stereocenters. The molecule has 10 nitrogen and oxygen atoms in total. The van der Waals surface area contributed by atoms with Crippen molar-refractivity contribution in [3.8, 4) is 11.6 Å². The molecule has 0 saturated carbocycles. The van der Waals surface area contributed by atoms with Gasteiger partial charge in [-0.1, -0.05) is 17.7 Å². The molecule has 0 aliphatic carbocycles. The number of aliphatic carboxylic acids is 1. The number of carbonyl (C=O) groups excluding carboxylic acids is 3. The number of carboxylic acids is 1. The average Bonchev–Trinajstić information content (AvgIpc) is 2.72. The molecule has 0 saturated heterocycles. The van der Waals surface area contributed by atoms with Crippen molar-refractivity contribution in [2.45, 2.75) is 13.0 Å². The van der Waals surface area contributed by atoms with E-state index in [1.165, 1.54) is 12.3 Å². The van der Waals surface area contributed by atoms with Gasteiger partial charge in [-0.3, -0.25) is 24.1 Å². The first-order chi connectivity index (χ1) is 14.7. The highest BCUT2D eigenvalue weighted by Crippen LogP contribution is 2.23. The molecule has 2 aromatic rings. The molecule has 2 heterocycles. The number of ether oxygens (including phenoxy) is 1. The maximum Gasteiger partial charge on any atom is 0.322 e. The van der Waals surface area contributed by atoms with Crippen LogP contribution in [0.5, 0.6) is 11.6 Å². The number of aromatic nitrogens is 1. The average molecular weight is 446 g/mol. The van der Waals surface area contributed by atoms with Crippen LogP contribution in [0, 0.1) is 0 Å². The zero-order valence-electron chi connectivity index (χ0n) is 15.9. The minimum Gasteiger partial charge on any atom is -0.511 e. The first kappa shape index (κ1) is 21.8. The standard InChI is InChI=1S/C20H16ClN3O7/c21-12-2-4-13(5-3-12)31-15-6-1-11(8-22-15)10-24-16(26)7-14(25)18(20(24)30)19(29)23-9-17(27)28/h1-6,8,25H,7,9-10H2,(H,23,29)(H,27,28). The van der Waals surface area contributed by atoms with Crippen LogP contribution >= 0.6 is 11.6 Å². The van der Waals surface area contributed by atoms with Crippen molar-refractivity contribution in [3.63, 3.8) is 0 Å². The van der Waals surface area contributed by atoms with Crippen LogP contribution in [0.25, 0.3) is 0 Å². The summed E-state index contributed by atoms with van der Waals surface area (Å²) in [6.45, 7) is -0.940. The number of nitrogens with one attached hydrogen (secondary N) is 1. The summed E-state index contributed by atoms with van der Waals surface area (Å²) >= 11 is 5.82. The van der Waals surface area contributed by atoms with Crippen molar-refractivity contribution in [2.24, 2.45) is 0 Å². The van der Waals surface area contributed by atoms with Gasteiger partial charge in [0.15, 0.2) is 0 Å². The van der Waals surface area contributed by atoms with Crippen molar-refractivity contribution in [2.75, 3.05) is 6.54 Å². The van der Waals surface area contributed by atoms with E-state index in [0.29, 0.717) is 16.3 Å².